The summed E-state index contributed by atoms with van der Waals surface area (Å²) in [6, 6.07) is 16.7. The van der Waals surface area contributed by atoms with Gasteiger partial charge in [-0.05, 0) is 36.1 Å². The standard InChI is InChI=1S/C22H24N6/c1-2-3-4-5-16-6-8-18(9-7-16)21-15-28(27-26-21)19-12-10-17(11-13-19)20-14-24-22(23)25-20/h6-15H,2-5H2,1H3,(H3,23,24,25). The maximum absolute atomic E-state index is 5.65. The summed E-state index contributed by atoms with van der Waals surface area (Å²) >= 11 is 0. The quantitative estimate of drug-likeness (QED) is 0.463. The van der Waals surface area contributed by atoms with Crippen LogP contribution in [0.1, 0.15) is 31.7 Å². The van der Waals surface area contributed by atoms with Crippen LogP contribution >= 0.6 is 0 Å². The third kappa shape index (κ3) is 3.96. The monoisotopic (exact) mass is 372 g/mol. The molecule has 0 aliphatic rings. The van der Waals surface area contributed by atoms with E-state index in [2.05, 4.69) is 51.5 Å². The van der Waals surface area contributed by atoms with Crippen LogP contribution in [0, 0.1) is 0 Å². The molecule has 0 atom stereocenters. The third-order valence-electron chi connectivity index (χ3n) is 4.85. The molecule has 4 rings (SSSR count). The zero-order valence-electron chi connectivity index (χ0n) is 16.0. The van der Waals surface area contributed by atoms with Gasteiger partial charge in [0, 0.05) is 5.56 Å². The van der Waals surface area contributed by atoms with E-state index in [-0.39, 0.29) is 0 Å². The zero-order valence-corrected chi connectivity index (χ0v) is 16.0. The second-order valence-corrected chi connectivity index (χ2v) is 6.93. The van der Waals surface area contributed by atoms with Gasteiger partial charge in [0.1, 0.15) is 5.69 Å². The highest BCUT2D eigenvalue weighted by Gasteiger charge is 2.07. The number of hydrogen-bond acceptors (Lipinski definition) is 4. The Balaban J connectivity index is 1.48. The van der Waals surface area contributed by atoms with Crippen molar-refractivity contribution in [3.8, 4) is 28.2 Å². The summed E-state index contributed by atoms with van der Waals surface area (Å²) in [5, 5.41) is 8.61. The maximum Gasteiger partial charge on any atom is 0.197 e. The summed E-state index contributed by atoms with van der Waals surface area (Å²) in [6.45, 7) is 2.23. The molecule has 0 saturated carbocycles. The van der Waals surface area contributed by atoms with Crippen molar-refractivity contribution in [2.24, 2.45) is 0 Å². The normalized spacial score (nSPS) is 11.0. The molecule has 28 heavy (non-hydrogen) atoms. The SMILES string of the molecule is CCCCCc1ccc(-c2cn(-c3ccc(-c4cnc(N)[nH]4)cc3)nn2)cc1. The molecular weight excluding hydrogens is 348 g/mol. The molecule has 3 N–H and O–H groups in total. The predicted molar refractivity (Wildman–Crippen MR) is 112 cm³/mol. The summed E-state index contributed by atoms with van der Waals surface area (Å²) in [7, 11) is 0. The number of imidazole rings is 1. The average Bonchev–Trinajstić information content (AvgIpc) is 3.38. The molecule has 0 amide bonds. The number of hydrogen-bond donors (Lipinski definition) is 2. The highest BCUT2D eigenvalue weighted by atomic mass is 15.4. The van der Waals surface area contributed by atoms with Crippen molar-refractivity contribution in [3.63, 3.8) is 0 Å². The number of rotatable bonds is 7. The molecule has 0 unspecified atom stereocenters. The van der Waals surface area contributed by atoms with Gasteiger partial charge in [0.05, 0.1) is 23.8 Å². The van der Waals surface area contributed by atoms with Gasteiger partial charge in [0.25, 0.3) is 0 Å². The van der Waals surface area contributed by atoms with Crippen LogP contribution in [0.5, 0.6) is 0 Å². The first-order valence-electron chi connectivity index (χ1n) is 9.66. The van der Waals surface area contributed by atoms with Crippen LogP contribution in [-0.2, 0) is 6.42 Å². The van der Waals surface area contributed by atoms with Crippen molar-refractivity contribution < 1.29 is 0 Å². The highest BCUT2D eigenvalue weighted by Crippen LogP contribution is 2.22. The van der Waals surface area contributed by atoms with Gasteiger partial charge >= 0.3 is 0 Å². The van der Waals surface area contributed by atoms with E-state index < -0.39 is 0 Å². The first-order chi connectivity index (χ1) is 13.7. The lowest BCUT2D eigenvalue weighted by Crippen LogP contribution is -1.94. The fraction of sp³-hybridized carbons (Fsp3) is 0.227. The summed E-state index contributed by atoms with van der Waals surface area (Å²) in [6.07, 6.45) is 8.59. The van der Waals surface area contributed by atoms with Crippen molar-refractivity contribution in [1.29, 1.82) is 0 Å². The van der Waals surface area contributed by atoms with Crippen LogP contribution in [0.4, 0.5) is 5.95 Å². The molecule has 0 aliphatic heterocycles. The minimum atomic E-state index is 0.413. The molecule has 0 aliphatic carbocycles. The Morgan fingerprint density at radius 2 is 1.71 bits per heavy atom. The topological polar surface area (TPSA) is 85.4 Å². The van der Waals surface area contributed by atoms with E-state index in [1.165, 1.54) is 24.8 Å². The van der Waals surface area contributed by atoms with Crippen molar-refractivity contribution in [1.82, 2.24) is 25.0 Å². The average molecular weight is 372 g/mol. The van der Waals surface area contributed by atoms with E-state index in [0.29, 0.717) is 5.95 Å². The number of benzene rings is 2. The number of aryl methyl sites for hydroxylation is 1. The zero-order chi connectivity index (χ0) is 19.3. The maximum atomic E-state index is 5.65. The minimum Gasteiger partial charge on any atom is -0.369 e. The summed E-state index contributed by atoms with van der Waals surface area (Å²) < 4.78 is 1.79. The number of anilines is 1. The van der Waals surface area contributed by atoms with Gasteiger partial charge in [0.2, 0.25) is 0 Å². The first kappa shape index (κ1) is 18.0. The predicted octanol–water partition coefficient (Wildman–Crippen LogP) is 4.64. The van der Waals surface area contributed by atoms with E-state index in [4.69, 9.17) is 5.73 Å². The van der Waals surface area contributed by atoms with E-state index in [9.17, 15) is 0 Å². The van der Waals surface area contributed by atoms with Crippen LogP contribution in [0.15, 0.2) is 60.9 Å². The molecule has 4 aromatic rings. The Kier molecular flexibility index (Phi) is 5.19. The van der Waals surface area contributed by atoms with Crippen LogP contribution < -0.4 is 5.73 Å². The molecule has 142 valence electrons. The summed E-state index contributed by atoms with van der Waals surface area (Å²) in [5.41, 5.74) is 11.8. The minimum absolute atomic E-state index is 0.413. The van der Waals surface area contributed by atoms with Crippen molar-refractivity contribution in [2.45, 2.75) is 32.6 Å². The van der Waals surface area contributed by atoms with Gasteiger partial charge in [0.15, 0.2) is 5.95 Å². The number of aromatic amines is 1. The fourth-order valence-electron chi connectivity index (χ4n) is 3.22. The molecule has 0 fully saturated rings. The number of H-pyrrole nitrogens is 1. The third-order valence-corrected chi connectivity index (χ3v) is 4.85. The molecule has 2 aromatic carbocycles. The number of aromatic nitrogens is 5. The van der Waals surface area contributed by atoms with Gasteiger partial charge in [-0.3, -0.25) is 0 Å². The van der Waals surface area contributed by atoms with Crippen LogP contribution in [0.25, 0.3) is 28.2 Å². The lowest BCUT2D eigenvalue weighted by molar-refractivity contribution is 0.717. The molecule has 0 saturated heterocycles. The van der Waals surface area contributed by atoms with Crippen LogP contribution in [-0.4, -0.2) is 25.0 Å². The van der Waals surface area contributed by atoms with Crippen molar-refractivity contribution in [2.75, 3.05) is 5.73 Å². The van der Waals surface area contributed by atoms with Gasteiger partial charge in [-0.15, -0.1) is 5.10 Å². The molecular formula is C22H24N6. The van der Waals surface area contributed by atoms with Gasteiger partial charge in [-0.1, -0.05) is 61.4 Å². The Morgan fingerprint density at radius 1 is 0.964 bits per heavy atom. The number of nitrogens with two attached hydrogens (primary N) is 1. The molecule has 6 heteroatoms. The Bertz CT molecular complexity index is 1030. The van der Waals surface area contributed by atoms with Gasteiger partial charge < -0.3 is 10.7 Å². The fourth-order valence-corrected chi connectivity index (χ4v) is 3.22. The van der Waals surface area contributed by atoms with Crippen molar-refractivity contribution in [3.05, 3.63) is 66.5 Å². The highest BCUT2D eigenvalue weighted by molar-refractivity contribution is 5.62. The summed E-state index contributed by atoms with van der Waals surface area (Å²) in [4.78, 5) is 7.06. The van der Waals surface area contributed by atoms with Crippen molar-refractivity contribution >= 4 is 5.95 Å². The van der Waals surface area contributed by atoms with Crippen LogP contribution in [0.2, 0.25) is 0 Å². The molecule has 2 aromatic heterocycles. The second-order valence-electron chi connectivity index (χ2n) is 6.93. The van der Waals surface area contributed by atoms with E-state index in [1.54, 1.807) is 10.9 Å². The Hall–Kier alpha value is -3.41. The molecule has 0 bridgehead atoms. The number of nitrogens with zero attached hydrogens (tertiary/aromatic N) is 4. The van der Waals surface area contributed by atoms with Gasteiger partial charge in [-0.25, -0.2) is 9.67 Å². The number of unbranched alkanes of at least 4 members (excludes halogenated alkanes) is 2. The van der Waals surface area contributed by atoms with E-state index in [1.807, 2.05) is 30.5 Å². The molecule has 6 nitrogen and oxygen atoms in total. The smallest absolute Gasteiger partial charge is 0.197 e. The Morgan fingerprint density at radius 3 is 2.39 bits per heavy atom. The first-order valence-corrected chi connectivity index (χ1v) is 9.66. The lowest BCUT2D eigenvalue weighted by Gasteiger charge is -2.03. The molecule has 0 spiro atoms. The molecule has 0 radical (unpaired) electrons. The largest absolute Gasteiger partial charge is 0.369 e. The van der Waals surface area contributed by atoms with E-state index in [0.717, 1.165) is 34.6 Å². The Labute approximate surface area is 164 Å². The number of nitrogens with one attached hydrogen (secondary N) is 1. The van der Waals surface area contributed by atoms with Crippen LogP contribution in [0.3, 0.4) is 0 Å². The molecule has 2 heterocycles. The van der Waals surface area contributed by atoms with Gasteiger partial charge in [-0.2, -0.15) is 0 Å². The second kappa shape index (κ2) is 8.08. The summed E-state index contributed by atoms with van der Waals surface area (Å²) in [5.74, 6) is 0.413. The van der Waals surface area contributed by atoms with E-state index >= 15 is 0 Å². The number of nitrogen functional groups attached to an aromatic ring is 1. The lowest BCUT2D eigenvalue weighted by atomic mass is 10.0.